The molecule has 0 unspecified atom stereocenters. The first-order valence-corrected chi connectivity index (χ1v) is 4.86. The summed E-state index contributed by atoms with van der Waals surface area (Å²) >= 11 is 1.20. The lowest BCUT2D eigenvalue weighted by Gasteiger charge is -1.99. The van der Waals surface area contributed by atoms with E-state index in [1.807, 2.05) is 0 Å². The lowest BCUT2D eigenvalue weighted by Crippen LogP contribution is -1.96. The van der Waals surface area contributed by atoms with E-state index in [-0.39, 0.29) is 5.82 Å². The molecule has 0 fully saturated rings. The number of nitrogens with two attached hydrogens (primary N) is 1. The molecule has 1 aromatic carbocycles. The fourth-order valence-corrected chi connectivity index (χ4v) is 1.73. The number of hydrogen-bond donors (Lipinski definition) is 1. The summed E-state index contributed by atoms with van der Waals surface area (Å²) in [7, 11) is 0. The molecule has 3 nitrogen and oxygen atoms in total. The molecule has 72 valence electrons. The zero-order valence-electron chi connectivity index (χ0n) is 7.27. The fraction of sp³-hybridized carbons (Fsp3) is 0.111. The second-order valence-electron chi connectivity index (χ2n) is 2.73. The minimum absolute atomic E-state index is 0.296. The molecule has 0 aliphatic rings. The van der Waals surface area contributed by atoms with Crippen molar-refractivity contribution in [3.63, 3.8) is 0 Å². The second kappa shape index (κ2) is 3.81. The molecule has 0 radical (unpaired) electrons. The van der Waals surface area contributed by atoms with E-state index in [2.05, 4.69) is 9.59 Å². The molecule has 0 aliphatic carbocycles. The minimum atomic E-state index is -0.296. The van der Waals surface area contributed by atoms with E-state index in [1.54, 1.807) is 18.2 Å². The summed E-state index contributed by atoms with van der Waals surface area (Å²) < 4.78 is 17.1. The van der Waals surface area contributed by atoms with Gasteiger partial charge in [0.1, 0.15) is 11.5 Å². The molecular formula is C9H8FN3S. The van der Waals surface area contributed by atoms with Crippen LogP contribution in [0.25, 0.3) is 11.3 Å². The zero-order chi connectivity index (χ0) is 9.97. The lowest BCUT2D eigenvalue weighted by molar-refractivity contribution is 0.630. The molecule has 0 amide bonds. The van der Waals surface area contributed by atoms with Crippen LogP contribution in [0.15, 0.2) is 24.3 Å². The topological polar surface area (TPSA) is 51.8 Å². The van der Waals surface area contributed by atoms with Crippen molar-refractivity contribution in [2.75, 3.05) is 0 Å². The molecular weight excluding hydrogens is 201 g/mol. The van der Waals surface area contributed by atoms with E-state index in [9.17, 15) is 4.39 Å². The van der Waals surface area contributed by atoms with Crippen LogP contribution < -0.4 is 5.73 Å². The van der Waals surface area contributed by atoms with Crippen molar-refractivity contribution in [2.24, 2.45) is 5.73 Å². The van der Waals surface area contributed by atoms with Gasteiger partial charge in [0, 0.05) is 12.1 Å². The molecule has 2 rings (SSSR count). The van der Waals surface area contributed by atoms with Gasteiger partial charge in [0.2, 0.25) is 0 Å². The number of aromatic nitrogens is 2. The molecule has 14 heavy (non-hydrogen) atoms. The number of hydrogen-bond acceptors (Lipinski definition) is 4. The van der Waals surface area contributed by atoms with Gasteiger partial charge >= 0.3 is 0 Å². The molecule has 0 saturated heterocycles. The van der Waals surface area contributed by atoms with Crippen molar-refractivity contribution in [3.05, 3.63) is 35.0 Å². The average molecular weight is 209 g/mol. The number of benzene rings is 1. The predicted molar refractivity (Wildman–Crippen MR) is 53.2 cm³/mol. The number of nitrogens with zero attached hydrogens (tertiary/aromatic N) is 2. The highest BCUT2D eigenvalue weighted by atomic mass is 32.1. The van der Waals surface area contributed by atoms with E-state index < -0.39 is 0 Å². The van der Waals surface area contributed by atoms with Crippen molar-refractivity contribution in [1.82, 2.24) is 9.59 Å². The van der Waals surface area contributed by atoms with Crippen LogP contribution in [-0.4, -0.2) is 9.59 Å². The first kappa shape index (κ1) is 9.23. The fourth-order valence-electron chi connectivity index (χ4n) is 1.20. The van der Waals surface area contributed by atoms with Crippen molar-refractivity contribution < 1.29 is 4.39 Å². The SMILES string of the molecule is NCc1snnc1-c1ccccc1F. The highest BCUT2D eigenvalue weighted by molar-refractivity contribution is 7.05. The Labute approximate surface area is 84.5 Å². The van der Waals surface area contributed by atoms with Crippen molar-refractivity contribution in [2.45, 2.75) is 6.54 Å². The molecule has 0 atom stereocenters. The smallest absolute Gasteiger partial charge is 0.132 e. The Balaban J connectivity index is 2.54. The van der Waals surface area contributed by atoms with E-state index >= 15 is 0 Å². The van der Waals surface area contributed by atoms with E-state index in [0.29, 0.717) is 17.8 Å². The summed E-state index contributed by atoms with van der Waals surface area (Å²) in [5.74, 6) is -0.296. The molecule has 2 aromatic rings. The lowest BCUT2D eigenvalue weighted by atomic mass is 10.1. The Hall–Kier alpha value is -1.33. The van der Waals surface area contributed by atoms with Gasteiger partial charge in [-0.3, -0.25) is 0 Å². The third-order valence-electron chi connectivity index (χ3n) is 1.87. The van der Waals surface area contributed by atoms with Crippen LogP contribution >= 0.6 is 11.5 Å². The first-order chi connectivity index (χ1) is 6.83. The standard InChI is InChI=1S/C9H8FN3S/c10-7-4-2-1-3-6(7)9-8(5-11)14-13-12-9/h1-4H,5,11H2. The Morgan fingerprint density at radius 1 is 1.36 bits per heavy atom. The average Bonchev–Trinajstić information content (AvgIpc) is 2.66. The van der Waals surface area contributed by atoms with Gasteiger partial charge in [-0.2, -0.15) is 0 Å². The van der Waals surface area contributed by atoms with E-state index in [4.69, 9.17) is 5.73 Å². The Morgan fingerprint density at radius 3 is 2.86 bits per heavy atom. The molecule has 1 heterocycles. The Bertz CT molecular complexity index is 441. The maximum atomic E-state index is 13.4. The normalized spacial score (nSPS) is 10.4. The first-order valence-electron chi connectivity index (χ1n) is 4.09. The van der Waals surface area contributed by atoms with Crippen LogP contribution in [-0.2, 0) is 6.54 Å². The molecule has 0 spiro atoms. The molecule has 0 aliphatic heterocycles. The summed E-state index contributed by atoms with van der Waals surface area (Å²) in [5.41, 5.74) is 6.50. The van der Waals surface area contributed by atoms with Gasteiger partial charge in [-0.1, -0.05) is 16.6 Å². The third-order valence-corrected chi connectivity index (χ3v) is 2.61. The quantitative estimate of drug-likeness (QED) is 0.820. The van der Waals surface area contributed by atoms with Crippen LogP contribution in [0.4, 0.5) is 4.39 Å². The van der Waals surface area contributed by atoms with Crippen molar-refractivity contribution >= 4 is 11.5 Å². The maximum Gasteiger partial charge on any atom is 0.132 e. The van der Waals surface area contributed by atoms with Gasteiger partial charge in [-0.25, -0.2) is 4.39 Å². The largest absolute Gasteiger partial charge is 0.326 e. The molecule has 2 N–H and O–H groups in total. The highest BCUT2D eigenvalue weighted by Crippen LogP contribution is 2.25. The highest BCUT2D eigenvalue weighted by Gasteiger charge is 2.12. The summed E-state index contributed by atoms with van der Waals surface area (Å²) in [6.07, 6.45) is 0. The molecule has 1 aromatic heterocycles. The van der Waals surface area contributed by atoms with E-state index in [1.165, 1.54) is 17.6 Å². The number of halogens is 1. The van der Waals surface area contributed by atoms with Gasteiger partial charge in [-0.05, 0) is 23.7 Å². The van der Waals surface area contributed by atoms with Gasteiger partial charge < -0.3 is 5.73 Å². The second-order valence-corrected chi connectivity index (χ2v) is 3.57. The third kappa shape index (κ3) is 1.51. The van der Waals surface area contributed by atoms with Gasteiger partial charge in [0.05, 0.1) is 4.88 Å². The summed E-state index contributed by atoms with van der Waals surface area (Å²) in [6, 6.07) is 6.47. The van der Waals surface area contributed by atoms with Crippen LogP contribution in [0.3, 0.4) is 0 Å². The van der Waals surface area contributed by atoms with Crippen LogP contribution in [0, 0.1) is 5.82 Å². The Kier molecular flexibility index (Phi) is 2.51. The van der Waals surface area contributed by atoms with Gasteiger partial charge in [-0.15, -0.1) is 5.10 Å². The van der Waals surface area contributed by atoms with Gasteiger partial charge in [0.25, 0.3) is 0 Å². The summed E-state index contributed by atoms with van der Waals surface area (Å²) in [6.45, 7) is 0.335. The van der Waals surface area contributed by atoms with Crippen molar-refractivity contribution in [1.29, 1.82) is 0 Å². The maximum absolute atomic E-state index is 13.4. The van der Waals surface area contributed by atoms with Crippen LogP contribution in [0.5, 0.6) is 0 Å². The molecule has 0 saturated carbocycles. The zero-order valence-corrected chi connectivity index (χ0v) is 8.09. The van der Waals surface area contributed by atoms with E-state index in [0.717, 1.165) is 4.88 Å². The monoisotopic (exact) mass is 209 g/mol. The van der Waals surface area contributed by atoms with Crippen LogP contribution in [0.2, 0.25) is 0 Å². The molecule has 5 heteroatoms. The summed E-state index contributed by atoms with van der Waals surface area (Å²) in [5, 5.41) is 3.87. The van der Waals surface area contributed by atoms with Crippen LogP contribution in [0.1, 0.15) is 4.88 Å². The Morgan fingerprint density at radius 2 is 2.14 bits per heavy atom. The number of rotatable bonds is 2. The van der Waals surface area contributed by atoms with Gasteiger partial charge in [0.15, 0.2) is 0 Å². The van der Waals surface area contributed by atoms with Crippen molar-refractivity contribution in [3.8, 4) is 11.3 Å². The molecule has 0 bridgehead atoms. The minimum Gasteiger partial charge on any atom is -0.326 e. The summed E-state index contributed by atoms with van der Waals surface area (Å²) in [4.78, 5) is 0.801. The predicted octanol–water partition coefficient (Wildman–Crippen LogP) is 1.80.